The first-order valence-corrected chi connectivity index (χ1v) is 5.38. The lowest BCUT2D eigenvalue weighted by atomic mass is 10.3. The Morgan fingerprint density at radius 1 is 1.41 bits per heavy atom. The lowest BCUT2D eigenvalue weighted by Crippen LogP contribution is -2.01. The molecule has 1 N–H and O–H groups in total. The third-order valence-corrected chi connectivity index (χ3v) is 2.66. The van der Waals surface area contributed by atoms with Gasteiger partial charge in [-0.15, -0.1) is 0 Å². The minimum Gasteiger partial charge on any atom is -0.467 e. The molecular formula is C12H12N4O. The van der Waals surface area contributed by atoms with Crippen LogP contribution in [-0.2, 0) is 6.54 Å². The van der Waals surface area contributed by atoms with Crippen molar-refractivity contribution >= 4 is 0 Å². The number of rotatable bonds is 3. The van der Waals surface area contributed by atoms with Gasteiger partial charge in [0.05, 0.1) is 19.1 Å². The van der Waals surface area contributed by atoms with Crippen molar-refractivity contribution in [1.82, 2.24) is 19.5 Å². The highest BCUT2D eigenvalue weighted by Crippen LogP contribution is 2.18. The Kier molecular flexibility index (Phi) is 2.29. The van der Waals surface area contributed by atoms with E-state index in [9.17, 15) is 0 Å². The minimum atomic E-state index is 0.661. The summed E-state index contributed by atoms with van der Waals surface area (Å²) < 4.78 is 7.35. The smallest absolute Gasteiger partial charge is 0.160 e. The van der Waals surface area contributed by atoms with E-state index in [1.807, 2.05) is 29.8 Å². The van der Waals surface area contributed by atoms with Crippen LogP contribution in [0.25, 0.3) is 11.5 Å². The predicted molar refractivity (Wildman–Crippen MR) is 62.4 cm³/mol. The number of H-pyrrole nitrogens is 1. The van der Waals surface area contributed by atoms with E-state index in [1.165, 1.54) is 0 Å². The van der Waals surface area contributed by atoms with Crippen molar-refractivity contribution in [2.75, 3.05) is 0 Å². The molecule has 3 rings (SSSR count). The van der Waals surface area contributed by atoms with Crippen LogP contribution in [0.4, 0.5) is 0 Å². The molecule has 0 spiro atoms. The van der Waals surface area contributed by atoms with Crippen molar-refractivity contribution in [3.8, 4) is 11.5 Å². The molecule has 0 amide bonds. The van der Waals surface area contributed by atoms with Crippen molar-refractivity contribution < 1.29 is 4.42 Å². The average molecular weight is 228 g/mol. The summed E-state index contributed by atoms with van der Waals surface area (Å²) in [5, 5.41) is 0. The molecule has 0 aromatic carbocycles. The maximum Gasteiger partial charge on any atom is 0.160 e. The third kappa shape index (κ3) is 1.75. The van der Waals surface area contributed by atoms with Crippen LogP contribution in [-0.4, -0.2) is 19.5 Å². The summed E-state index contributed by atoms with van der Waals surface area (Å²) in [6.07, 6.45) is 7.04. The molecule has 0 saturated carbocycles. The van der Waals surface area contributed by atoms with Crippen molar-refractivity contribution in [3.05, 3.63) is 48.6 Å². The second-order valence-electron chi connectivity index (χ2n) is 3.83. The standard InChI is InChI=1S/C12H12N4O/c1-9-11(15-8-14-9)12-13-4-5-16(12)7-10-3-2-6-17-10/h2-6,8H,7H2,1H3,(H,14,15). The van der Waals surface area contributed by atoms with Crippen molar-refractivity contribution in [2.45, 2.75) is 13.5 Å². The zero-order valence-electron chi connectivity index (χ0n) is 9.42. The first-order chi connectivity index (χ1) is 8.34. The highest BCUT2D eigenvalue weighted by atomic mass is 16.3. The summed E-state index contributed by atoms with van der Waals surface area (Å²) in [4.78, 5) is 11.7. The molecule has 0 aliphatic rings. The Balaban J connectivity index is 1.97. The monoisotopic (exact) mass is 228 g/mol. The lowest BCUT2D eigenvalue weighted by molar-refractivity contribution is 0.494. The van der Waals surface area contributed by atoms with Crippen LogP contribution < -0.4 is 0 Å². The van der Waals surface area contributed by atoms with Crippen LogP contribution in [0.5, 0.6) is 0 Å². The van der Waals surface area contributed by atoms with Gasteiger partial charge in [-0.1, -0.05) is 0 Å². The van der Waals surface area contributed by atoms with Gasteiger partial charge >= 0.3 is 0 Å². The first kappa shape index (κ1) is 9.89. The lowest BCUT2D eigenvalue weighted by Gasteiger charge is -2.04. The van der Waals surface area contributed by atoms with Crippen LogP contribution in [0.2, 0.25) is 0 Å². The van der Waals surface area contributed by atoms with E-state index in [4.69, 9.17) is 4.42 Å². The molecule has 0 fully saturated rings. The highest BCUT2D eigenvalue weighted by molar-refractivity contribution is 5.52. The molecule has 0 aliphatic heterocycles. The zero-order valence-corrected chi connectivity index (χ0v) is 9.42. The number of nitrogens with one attached hydrogen (secondary N) is 1. The van der Waals surface area contributed by atoms with Gasteiger partial charge in [0, 0.05) is 18.1 Å². The molecular weight excluding hydrogens is 216 g/mol. The maximum atomic E-state index is 5.33. The summed E-state index contributed by atoms with van der Waals surface area (Å²) in [5.41, 5.74) is 1.89. The van der Waals surface area contributed by atoms with Gasteiger partial charge in [-0.05, 0) is 19.1 Å². The Morgan fingerprint density at radius 2 is 2.35 bits per heavy atom. The van der Waals surface area contributed by atoms with Gasteiger partial charge in [-0.3, -0.25) is 0 Å². The molecule has 0 bridgehead atoms. The van der Waals surface area contributed by atoms with Crippen molar-refractivity contribution in [1.29, 1.82) is 0 Å². The largest absolute Gasteiger partial charge is 0.467 e. The molecule has 5 heteroatoms. The summed E-state index contributed by atoms with van der Waals surface area (Å²) >= 11 is 0. The van der Waals surface area contributed by atoms with Crippen molar-refractivity contribution in [2.24, 2.45) is 0 Å². The Labute approximate surface area is 98.1 Å². The topological polar surface area (TPSA) is 59.6 Å². The van der Waals surface area contributed by atoms with Gasteiger partial charge in [0.1, 0.15) is 11.5 Å². The summed E-state index contributed by atoms with van der Waals surface area (Å²) in [6, 6.07) is 3.83. The number of aromatic amines is 1. The SMILES string of the molecule is Cc1[nH]cnc1-c1nccn1Cc1ccco1. The fourth-order valence-electron chi connectivity index (χ4n) is 1.81. The fourth-order valence-corrected chi connectivity index (χ4v) is 1.81. The van der Waals surface area contributed by atoms with Gasteiger partial charge < -0.3 is 14.0 Å². The third-order valence-electron chi connectivity index (χ3n) is 2.66. The van der Waals surface area contributed by atoms with Crippen LogP contribution in [0.3, 0.4) is 0 Å². The average Bonchev–Trinajstić information content (AvgIpc) is 3.00. The Bertz CT molecular complexity index is 606. The molecule has 0 radical (unpaired) electrons. The summed E-state index contributed by atoms with van der Waals surface area (Å²) in [6.45, 7) is 2.64. The van der Waals surface area contributed by atoms with Gasteiger partial charge in [-0.25, -0.2) is 9.97 Å². The Hall–Kier alpha value is -2.30. The minimum absolute atomic E-state index is 0.661. The first-order valence-electron chi connectivity index (χ1n) is 5.38. The van der Waals surface area contributed by atoms with E-state index in [2.05, 4.69) is 15.0 Å². The molecule has 5 nitrogen and oxygen atoms in total. The second kappa shape index (κ2) is 3.93. The fraction of sp³-hybridized carbons (Fsp3) is 0.167. The summed E-state index contributed by atoms with van der Waals surface area (Å²) in [5.74, 6) is 1.75. The van der Waals surface area contributed by atoms with E-state index in [0.717, 1.165) is 23.0 Å². The van der Waals surface area contributed by atoms with E-state index in [-0.39, 0.29) is 0 Å². The molecule has 0 unspecified atom stereocenters. The molecule has 17 heavy (non-hydrogen) atoms. The number of nitrogens with zero attached hydrogens (tertiary/aromatic N) is 3. The normalized spacial score (nSPS) is 10.9. The Morgan fingerprint density at radius 3 is 3.06 bits per heavy atom. The molecule has 3 aromatic heterocycles. The molecule has 86 valence electrons. The van der Waals surface area contributed by atoms with E-state index in [1.54, 1.807) is 18.8 Å². The summed E-state index contributed by atoms with van der Waals surface area (Å²) in [7, 11) is 0. The molecule has 3 heterocycles. The predicted octanol–water partition coefficient (Wildman–Crippen LogP) is 2.22. The number of hydrogen-bond donors (Lipinski definition) is 1. The van der Waals surface area contributed by atoms with Crippen molar-refractivity contribution in [3.63, 3.8) is 0 Å². The van der Waals surface area contributed by atoms with Crippen LogP contribution in [0, 0.1) is 6.92 Å². The number of hydrogen-bond acceptors (Lipinski definition) is 3. The molecule has 0 atom stereocenters. The van der Waals surface area contributed by atoms with Gasteiger partial charge in [-0.2, -0.15) is 0 Å². The number of aromatic nitrogens is 4. The zero-order chi connectivity index (χ0) is 11.7. The second-order valence-corrected chi connectivity index (χ2v) is 3.83. The molecule has 3 aromatic rings. The highest BCUT2D eigenvalue weighted by Gasteiger charge is 2.11. The van der Waals surface area contributed by atoms with Gasteiger partial charge in [0.25, 0.3) is 0 Å². The number of furan rings is 1. The number of imidazole rings is 2. The number of aryl methyl sites for hydroxylation is 1. The maximum absolute atomic E-state index is 5.33. The van der Waals surface area contributed by atoms with Gasteiger partial charge in [0.15, 0.2) is 5.82 Å². The van der Waals surface area contributed by atoms with Crippen LogP contribution in [0.1, 0.15) is 11.5 Å². The quantitative estimate of drug-likeness (QED) is 0.747. The molecule has 0 aliphatic carbocycles. The van der Waals surface area contributed by atoms with E-state index >= 15 is 0 Å². The van der Waals surface area contributed by atoms with Crippen LogP contribution >= 0.6 is 0 Å². The van der Waals surface area contributed by atoms with Crippen LogP contribution in [0.15, 0.2) is 41.5 Å². The molecule has 0 saturated heterocycles. The van der Waals surface area contributed by atoms with E-state index in [0.29, 0.717) is 6.54 Å². The van der Waals surface area contributed by atoms with E-state index < -0.39 is 0 Å². The van der Waals surface area contributed by atoms with Gasteiger partial charge in [0.2, 0.25) is 0 Å².